The summed E-state index contributed by atoms with van der Waals surface area (Å²) in [5.74, 6) is 0. The zero-order valence-electron chi connectivity index (χ0n) is 9.16. The molecule has 0 unspecified atom stereocenters. The maximum absolute atomic E-state index is 4.73. The summed E-state index contributed by atoms with van der Waals surface area (Å²) in [6.45, 7) is 0. The normalized spacial score (nSPS) is 14.5. The molecule has 0 spiro atoms. The van der Waals surface area contributed by atoms with Crippen LogP contribution in [0.2, 0.25) is 14.8 Å². The van der Waals surface area contributed by atoms with Crippen molar-refractivity contribution < 1.29 is 0 Å². The standard InChI is InChI=1S/C9H4NS.3CH3.Sn/c1-2-4-8(5-3-1)9-10-6-7-11-9;;;;/h2,4-5,7H;3*1H3;. The molecule has 0 aromatic carbocycles. The Bertz CT molecular complexity index is 504. The number of allylic oxidation sites excluding steroid dienone is 4. The van der Waals surface area contributed by atoms with E-state index < -0.39 is 18.4 Å². The zero-order chi connectivity index (χ0) is 10.9. The Labute approximate surface area is 98.4 Å². The van der Waals surface area contributed by atoms with Crippen LogP contribution >= 0.6 is 11.3 Å². The molecule has 0 radical (unpaired) electrons. The summed E-state index contributed by atoms with van der Waals surface area (Å²) in [6.07, 6.45) is 5.87. The minimum atomic E-state index is -1.97. The van der Waals surface area contributed by atoms with Crippen molar-refractivity contribution in [2.45, 2.75) is 14.8 Å². The Morgan fingerprint density at radius 1 is 1.27 bits per heavy atom. The summed E-state index contributed by atoms with van der Waals surface area (Å²) in [6, 6.07) is 0. The molecule has 2 rings (SSSR count). The SMILES string of the molecule is [CH3][Sn]([CH3])([CH3])[c]1csc(C2=CC=C=C=C2)n1. The van der Waals surface area contributed by atoms with E-state index in [-0.39, 0.29) is 0 Å². The molecule has 1 heterocycles. The molecule has 3 heteroatoms. The van der Waals surface area contributed by atoms with Crippen LogP contribution in [0.3, 0.4) is 0 Å². The van der Waals surface area contributed by atoms with E-state index in [1.165, 1.54) is 3.71 Å². The molecule has 15 heavy (non-hydrogen) atoms. The Hall–Kier alpha value is -0.531. The molecule has 1 aromatic heterocycles. The Morgan fingerprint density at radius 3 is 2.60 bits per heavy atom. The van der Waals surface area contributed by atoms with E-state index in [9.17, 15) is 0 Å². The van der Waals surface area contributed by atoms with Crippen LogP contribution in [0.25, 0.3) is 5.57 Å². The molecular formula is C12H13NSSn. The van der Waals surface area contributed by atoms with E-state index in [1.807, 2.05) is 18.2 Å². The predicted molar refractivity (Wildman–Crippen MR) is 69.2 cm³/mol. The molecule has 0 bridgehead atoms. The van der Waals surface area contributed by atoms with Crippen LogP contribution in [-0.2, 0) is 0 Å². The topological polar surface area (TPSA) is 12.9 Å². The van der Waals surface area contributed by atoms with Gasteiger partial charge < -0.3 is 0 Å². The molecule has 1 aliphatic carbocycles. The molecular weight excluding hydrogens is 309 g/mol. The summed E-state index contributed by atoms with van der Waals surface area (Å²) in [5, 5.41) is 3.34. The number of thiazole rings is 1. The average Bonchev–Trinajstić information content (AvgIpc) is 2.67. The molecule has 0 saturated heterocycles. The third kappa shape index (κ3) is 2.53. The number of hydrogen-bond acceptors (Lipinski definition) is 2. The van der Waals surface area contributed by atoms with Gasteiger partial charge in [0.25, 0.3) is 0 Å². The molecule has 1 aliphatic rings. The quantitative estimate of drug-likeness (QED) is 0.603. The first kappa shape index (κ1) is 11.0. The molecule has 0 N–H and O–H groups in total. The molecule has 1 nitrogen and oxygen atoms in total. The number of nitrogens with zero attached hydrogens (tertiary/aromatic N) is 1. The number of hydrogen-bond donors (Lipinski definition) is 0. The van der Waals surface area contributed by atoms with Gasteiger partial charge in [-0.25, -0.2) is 0 Å². The van der Waals surface area contributed by atoms with E-state index in [1.54, 1.807) is 11.3 Å². The van der Waals surface area contributed by atoms with Crippen LogP contribution in [-0.4, -0.2) is 23.4 Å². The predicted octanol–water partition coefficient (Wildman–Crippen LogP) is 2.95. The van der Waals surface area contributed by atoms with Crippen LogP contribution in [0.4, 0.5) is 0 Å². The fourth-order valence-corrected chi connectivity index (χ4v) is 7.31. The summed E-state index contributed by atoms with van der Waals surface area (Å²) in [4.78, 5) is 11.9. The van der Waals surface area contributed by atoms with Gasteiger partial charge >= 0.3 is 98.9 Å². The third-order valence-corrected chi connectivity index (χ3v) is 8.78. The molecule has 0 fully saturated rings. The third-order valence-electron chi connectivity index (χ3n) is 2.18. The van der Waals surface area contributed by atoms with Crippen molar-refractivity contribution in [3.8, 4) is 0 Å². The van der Waals surface area contributed by atoms with E-state index >= 15 is 0 Å². The first-order chi connectivity index (χ1) is 7.07. The molecule has 0 aliphatic heterocycles. The fraction of sp³-hybridized carbons (Fsp3) is 0.250. The Balaban J connectivity index is 2.33. The number of aromatic nitrogens is 1. The fourth-order valence-electron chi connectivity index (χ4n) is 1.23. The van der Waals surface area contributed by atoms with Gasteiger partial charge in [-0.2, -0.15) is 0 Å². The second kappa shape index (κ2) is 4.15. The van der Waals surface area contributed by atoms with Crippen LogP contribution in [0, 0.1) is 0 Å². The van der Waals surface area contributed by atoms with Gasteiger partial charge in [-0.05, 0) is 0 Å². The molecule has 0 atom stereocenters. The monoisotopic (exact) mass is 323 g/mol. The van der Waals surface area contributed by atoms with E-state index in [0.29, 0.717) is 0 Å². The number of rotatable bonds is 2. The van der Waals surface area contributed by atoms with E-state index in [2.05, 4.69) is 31.7 Å². The molecule has 0 saturated carbocycles. The average molecular weight is 322 g/mol. The van der Waals surface area contributed by atoms with E-state index in [0.717, 1.165) is 10.6 Å². The van der Waals surface area contributed by atoms with Crippen molar-refractivity contribution in [2.24, 2.45) is 0 Å². The summed E-state index contributed by atoms with van der Waals surface area (Å²) in [5.41, 5.74) is 7.02. The van der Waals surface area contributed by atoms with Gasteiger partial charge in [-0.15, -0.1) is 0 Å². The van der Waals surface area contributed by atoms with Gasteiger partial charge in [0, 0.05) is 0 Å². The first-order valence-electron chi connectivity index (χ1n) is 4.91. The van der Waals surface area contributed by atoms with Gasteiger partial charge in [0.05, 0.1) is 0 Å². The van der Waals surface area contributed by atoms with Gasteiger partial charge in [0.15, 0.2) is 0 Å². The van der Waals surface area contributed by atoms with Crippen LogP contribution < -0.4 is 3.71 Å². The van der Waals surface area contributed by atoms with Crippen molar-refractivity contribution >= 4 is 39.0 Å². The summed E-state index contributed by atoms with van der Waals surface area (Å²) < 4.78 is 1.36. The zero-order valence-corrected chi connectivity index (χ0v) is 12.8. The van der Waals surface area contributed by atoms with Crippen LogP contribution in [0.1, 0.15) is 5.01 Å². The Morgan fingerprint density at radius 2 is 2.07 bits per heavy atom. The van der Waals surface area contributed by atoms with Crippen molar-refractivity contribution in [1.82, 2.24) is 4.98 Å². The van der Waals surface area contributed by atoms with Crippen molar-refractivity contribution in [3.05, 3.63) is 40.1 Å². The van der Waals surface area contributed by atoms with Gasteiger partial charge in [-0.3, -0.25) is 0 Å². The van der Waals surface area contributed by atoms with E-state index in [4.69, 9.17) is 4.98 Å². The minimum absolute atomic E-state index is 1.11. The van der Waals surface area contributed by atoms with Gasteiger partial charge in [0.1, 0.15) is 0 Å². The summed E-state index contributed by atoms with van der Waals surface area (Å²) >= 11 is -0.238. The van der Waals surface area contributed by atoms with Crippen molar-refractivity contribution in [2.75, 3.05) is 0 Å². The van der Waals surface area contributed by atoms with Gasteiger partial charge in [0.2, 0.25) is 0 Å². The first-order valence-corrected chi connectivity index (χ1v) is 15.8. The summed E-state index contributed by atoms with van der Waals surface area (Å²) in [7, 11) is 0. The molecule has 0 amide bonds. The second-order valence-electron chi connectivity index (χ2n) is 4.51. The van der Waals surface area contributed by atoms with Crippen LogP contribution in [0.5, 0.6) is 0 Å². The molecule has 76 valence electrons. The second-order valence-corrected chi connectivity index (χ2v) is 19.7. The maximum atomic E-state index is 4.73. The van der Waals surface area contributed by atoms with Crippen molar-refractivity contribution in [1.29, 1.82) is 0 Å². The van der Waals surface area contributed by atoms with Crippen LogP contribution in [0.15, 0.2) is 35.1 Å². The molecule has 1 aromatic rings. The Kier molecular flexibility index (Phi) is 3.03. The van der Waals surface area contributed by atoms with Gasteiger partial charge in [-0.1, -0.05) is 0 Å². The van der Waals surface area contributed by atoms with Crippen molar-refractivity contribution in [3.63, 3.8) is 0 Å².